The van der Waals surface area contributed by atoms with Crippen LogP contribution in [0, 0.1) is 0 Å². The third-order valence-corrected chi connectivity index (χ3v) is 1.03. The molecule has 0 aliphatic rings. The van der Waals surface area contributed by atoms with Crippen LogP contribution in [0.15, 0.2) is 49.1 Å². The maximum absolute atomic E-state index is 9.84. The summed E-state index contributed by atoms with van der Waals surface area (Å²) in [5, 5.41) is 0. The van der Waals surface area contributed by atoms with E-state index in [1.54, 1.807) is 0 Å². The Hall–Kier alpha value is -1.61. The van der Waals surface area contributed by atoms with Crippen molar-refractivity contribution >= 4 is 5.97 Å². The van der Waals surface area contributed by atoms with Gasteiger partial charge in [0.25, 0.3) is 0 Å². The van der Waals surface area contributed by atoms with Crippen molar-refractivity contribution in [2.24, 2.45) is 0 Å². The SMILES string of the molecule is C=CC(=O)OC.O.c1ccccc1. The molecule has 1 aromatic rings. The molecule has 0 aliphatic heterocycles. The third-order valence-electron chi connectivity index (χ3n) is 1.03. The maximum atomic E-state index is 9.84. The smallest absolute Gasteiger partial charge is 0.329 e. The molecule has 0 fully saturated rings. The fourth-order valence-electron chi connectivity index (χ4n) is 0.468. The van der Waals surface area contributed by atoms with Gasteiger partial charge in [-0.05, 0) is 0 Å². The maximum Gasteiger partial charge on any atom is 0.329 e. The van der Waals surface area contributed by atoms with Gasteiger partial charge in [-0.3, -0.25) is 0 Å². The molecule has 0 aromatic heterocycles. The zero-order chi connectivity index (χ0) is 9.23. The Kier molecular flexibility index (Phi) is 11.1. The van der Waals surface area contributed by atoms with E-state index in [-0.39, 0.29) is 5.48 Å². The van der Waals surface area contributed by atoms with Crippen LogP contribution >= 0.6 is 0 Å². The van der Waals surface area contributed by atoms with Gasteiger partial charge in [0.2, 0.25) is 0 Å². The number of rotatable bonds is 1. The Morgan fingerprint density at radius 2 is 1.46 bits per heavy atom. The molecule has 3 heteroatoms. The number of carbonyl (C=O) groups excluding carboxylic acids is 1. The van der Waals surface area contributed by atoms with Crippen molar-refractivity contribution in [3.63, 3.8) is 0 Å². The fraction of sp³-hybridized carbons (Fsp3) is 0.100. The summed E-state index contributed by atoms with van der Waals surface area (Å²) in [7, 11) is 1.31. The van der Waals surface area contributed by atoms with Gasteiger partial charge in [0.15, 0.2) is 0 Å². The first-order chi connectivity index (χ1) is 5.81. The average molecular weight is 182 g/mol. The second kappa shape index (κ2) is 10.4. The number of carbonyl (C=O) groups is 1. The van der Waals surface area contributed by atoms with E-state index in [1.165, 1.54) is 7.11 Å². The summed E-state index contributed by atoms with van der Waals surface area (Å²) in [6, 6.07) is 12.0. The first kappa shape index (κ1) is 13.9. The van der Waals surface area contributed by atoms with Crippen molar-refractivity contribution in [2.75, 3.05) is 7.11 Å². The molecule has 13 heavy (non-hydrogen) atoms. The summed E-state index contributed by atoms with van der Waals surface area (Å²) in [5.74, 6) is -0.394. The second-order valence-corrected chi connectivity index (χ2v) is 1.88. The minimum atomic E-state index is -0.394. The van der Waals surface area contributed by atoms with Gasteiger partial charge >= 0.3 is 5.97 Å². The summed E-state index contributed by atoms with van der Waals surface area (Å²) < 4.78 is 4.14. The van der Waals surface area contributed by atoms with E-state index in [1.807, 2.05) is 36.4 Å². The molecular formula is C10H14O3. The first-order valence-corrected chi connectivity index (χ1v) is 3.51. The molecule has 0 unspecified atom stereocenters. The lowest BCUT2D eigenvalue weighted by molar-refractivity contribution is -0.134. The van der Waals surface area contributed by atoms with E-state index in [2.05, 4.69) is 11.3 Å². The molecule has 1 rings (SSSR count). The molecule has 0 bridgehead atoms. The van der Waals surface area contributed by atoms with Gasteiger partial charge in [-0.2, -0.15) is 0 Å². The van der Waals surface area contributed by atoms with Gasteiger partial charge in [-0.1, -0.05) is 43.0 Å². The normalized spacial score (nSPS) is 6.85. The standard InChI is InChI=1S/C6H6.C4H6O2.H2O/c1-2-4-6-5-3-1;1-3-4(5)6-2;/h1-6H;3H,1H2,2H3;1H2. The average Bonchev–Trinajstić information content (AvgIpc) is 2.20. The van der Waals surface area contributed by atoms with Crippen molar-refractivity contribution in [3.8, 4) is 0 Å². The summed E-state index contributed by atoms with van der Waals surface area (Å²) >= 11 is 0. The molecule has 0 atom stereocenters. The fourth-order valence-corrected chi connectivity index (χ4v) is 0.468. The van der Waals surface area contributed by atoms with Crippen LogP contribution < -0.4 is 0 Å². The molecule has 72 valence electrons. The monoisotopic (exact) mass is 182 g/mol. The quantitative estimate of drug-likeness (QED) is 0.484. The third kappa shape index (κ3) is 10.4. The van der Waals surface area contributed by atoms with E-state index in [9.17, 15) is 4.79 Å². The molecule has 3 nitrogen and oxygen atoms in total. The summed E-state index contributed by atoms with van der Waals surface area (Å²) in [4.78, 5) is 9.84. The minimum Gasteiger partial charge on any atom is -0.466 e. The number of hydrogen-bond acceptors (Lipinski definition) is 2. The number of ether oxygens (including phenoxy) is 1. The Morgan fingerprint density at radius 3 is 1.54 bits per heavy atom. The number of esters is 1. The van der Waals surface area contributed by atoms with Crippen LogP contribution in [0.5, 0.6) is 0 Å². The zero-order valence-electron chi connectivity index (χ0n) is 7.57. The van der Waals surface area contributed by atoms with Crippen molar-refractivity contribution in [1.82, 2.24) is 0 Å². The van der Waals surface area contributed by atoms with E-state index in [0.717, 1.165) is 6.08 Å². The predicted molar refractivity (Wildman–Crippen MR) is 52.3 cm³/mol. The minimum absolute atomic E-state index is 0. The topological polar surface area (TPSA) is 57.8 Å². The van der Waals surface area contributed by atoms with E-state index in [0.29, 0.717) is 0 Å². The van der Waals surface area contributed by atoms with Crippen LogP contribution in [-0.4, -0.2) is 18.6 Å². The molecule has 0 radical (unpaired) electrons. The molecule has 0 saturated heterocycles. The van der Waals surface area contributed by atoms with Gasteiger partial charge in [-0.15, -0.1) is 0 Å². The van der Waals surface area contributed by atoms with Crippen molar-refractivity contribution < 1.29 is 15.0 Å². The lowest BCUT2D eigenvalue weighted by Gasteiger charge is -1.83. The number of methoxy groups -OCH3 is 1. The Balaban J connectivity index is 0. The van der Waals surface area contributed by atoms with E-state index >= 15 is 0 Å². The highest BCUT2D eigenvalue weighted by atomic mass is 16.5. The van der Waals surface area contributed by atoms with Crippen molar-refractivity contribution in [3.05, 3.63) is 49.1 Å². The molecule has 1 aromatic carbocycles. The van der Waals surface area contributed by atoms with Crippen LogP contribution in [0.25, 0.3) is 0 Å². The summed E-state index contributed by atoms with van der Waals surface area (Å²) in [6.45, 7) is 3.16. The molecule has 0 saturated carbocycles. The Bertz CT molecular complexity index is 192. The summed E-state index contributed by atoms with van der Waals surface area (Å²) in [5.41, 5.74) is 0. The van der Waals surface area contributed by atoms with Crippen LogP contribution in [-0.2, 0) is 9.53 Å². The van der Waals surface area contributed by atoms with Crippen LogP contribution in [0.3, 0.4) is 0 Å². The zero-order valence-corrected chi connectivity index (χ0v) is 7.57. The van der Waals surface area contributed by atoms with Crippen molar-refractivity contribution in [2.45, 2.75) is 0 Å². The first-order valence-electron chi connectivity index (χ1n) is 3.51. The van der Waals surface area contributed by atoms with Crippen LogP contribution in [0.2, 0.25) is 0 Å². The lowest BCUT2D eigenvalue weighted by Crippen LogP contribution is -1.91. The van der Waals surface area contributed by atoms with Crippen LogP contribution in [0.4, 0.5) is 0 Å². The van der Waals surface area contributed by atoms with E-state index < -0.39 is 5.97 Å². The van der Waals surface area contributed by atoms with Gasteiger partial charge in [0.1, 0.15) is 0 Å². The molecule has 0 aliphatic carbocycles. The molecule has 0 heterocycles. The molecule has 0 amide bonds. The Labute approximate surface area is 78.0 Å². The lowest BCUT2D eigenvalue weighted by atomic mass is 10.4. The summed E-state index contributed by atoms with van der Waals surface area (Å²) in [6.07, 6.45) is 1.11. The van der Waals surface area contributed by atoms with E-state index in [4.69, 9.17) is 0 Å². The van der Waals surface area contributed by atoms with Gasteiger partial charge < -0.3 is 10.2 Å². The molecule has 2 N–H and O–H groups in total. The largest absolute Gasteiger partial charge is 0.466 e. The van der Waals surface area contributed by atoms with Gasteiger partial charge in [-0.25, -0.2) is 4.79 Å². The second-order valence-electron chi connectivity index (χ2n) is 1.88. The van der Waals surface area contributed by atoms with Crippen molar-refractivity contribution in [1.29, 1.82) is 0 Å². The highest BCUT2D eigenvalue weighted by Crippen LogP contribution is 1.79. The number of benzene rings is 1. The predicted octanol–water partition coefficient (Wildman–Crippen LogP) is 1.21. The highest BCUT2D eigenvalue weighted by molar-refractivity contribution is 5.80. The van der Waals surface area contributed by atoms with Gasteiger partial charge in [0, 0.05) is 6.08 Å². The number of hydrogen-bond donors (Lipinski definition) is 0. The highest BCUT2D eigenvalue weighted by Gasteiger charge is 1.81. The van der Waals surface area contributed by atoms with Gasteiger partial charge in [0.05, 0.1) is 7.11 Å². The van der Waals surface area contributed by atoms with Crippen LogP contribution in [0.1, 0.15) is 0 Å². The molecular weight excluding hydrogens is 168 g/mol. The Morgan fingerprint density at radius 1 is 1.15 bits per heavy atom. The molecule has 0 spiro atoms.